The van der Waals surface area contributed by atoms with E-state index in [1.54, 1.807) is 0 Å². The number of hydrogen-bond donors (Lipinski definition) is 0. The van der Waals surface area contributed by atoms with Crippen LogP contribution in [0.15, 0.2) is 0 Å². The second-order valence-electron chi connectivity index (χ2n) is 19.2. The van der Waals surface area contributed by atoms with Gasteiger partial charge in [-0.25, -0.2) is 0 Å². The Morgan fingerprint density at radius 3 is 0.410 bits per heavy atom. The van der Waals surface area contributed by atoms with Gasteiger partial charge < -0.3 is 19.8 Å². The van der Waals surface area contributed by atoms with Gasteiger partial charge in [0.2, 0.25) is 0 Å². The number of unbranched alkanes of at least 4 members (excludes halogenated alkanes) is 48. The summed E-state index contributed by atoms with van der Waals surface area (Å²) >= 11 is 0. The Hall–Kier alpha value is -0.177. The molecule has 0 aliphatic carbocycles. The maximum absolute atomic E-state index is 10.3. The summed E-state index contributed by atoms with van der Waals surface area (Å²) in [5.41, 5.74) is 0. The molecule has 5 heteroatoms. The normalized spacial score (nSPS) is 11.0. The van der Waals surface area contributed by atoms with Crippen LogP contribution in [0.25, 0.3) is 0 Å². The largest absolute Gasteiger partial charge is 2.00 e. The van der Waals surface area contributed by atoms with Crippen LogP contribution < -0.4 is 10.2 Å². The number of carboxylic acid groups (broad SMARTS) is 2. The number of carboxylic acids is 2. The molecule has 0 saturated carbocycles. The molecule has 0 unspecified atom stereocenters. The molecule has 0 saturated heterocycles. The van der Waals surface area contributed by atoms with Crippen LogP contribution in [0.3, 0.4) is 0 Å². The Labute approximate surface area is 403 Å². The van der Waals surface area contributed by atoms with Crippen LogP contribution in [0.5, 0.6) is 0 Å². The predicted molar refractivity (Wildman–Crippen MR) is 261 cm³/mol. The Bertz CT molecular complexity index is 725. The van der Waals surface area contributed by atoms with Gasteiger partial charge in [-0.1, -0.05) is 322 Å². The van der Waals surface area contributed by atoms with Crippen molar-refractivity contribution in [2.75, 3.05) is 0 Å². The minimum atomic E-state index is -0.899. The Morgan fingerprint density at radius 1 is 0.213 bits per heavy atom. The van der Waals surface area contributed by atoms with Gasteiger partial charge in [0.1, 0.15) is 0 Å². The number of carbonyl (C=O) groups excluding carboxylic acids is 2. The first-order valence-electron chi connectivity index (χ1n) is 27.9. The fourth-order valence-electron chi connectivity index (χ4n) is 8.82. The van der Waals surface area contributed by atoms with Crippen molar-refractivity contribution < 1.29 is 46.0 Å². The van der Waals surface area contributed by atoms with Crippen molar-refractivity contribution in [3.63, 3.8) is 0 Å². The maximum Gasteiger partial charge on any atom is 2.00 e. The molecule has 0 bridgehead atoms. The summed E-state index contributed by atoms with van der Waals surface area (Å²) < 4.78 is 0. The van der Waals surface area contributed by atoms with Gasteiger partial charge in [-0.3, -0.25) is 0 Å². The molecule has 0 aliphatic rings. The molecule has 4 nitrogen and oxygen atoms in total. The number of hydrogen-bond acceptors (Lipinski definition) is 4. The first-order chi connectivity index (χ1) is 29.5. The molecule has 0 aromatic rings. The first-order valence-corrected chi connectivity index (χ1v) is 27.9. The van der Waals surface area contributed by atoms with E-state index in [2.05, 4.69) is 13.8 Å². The summed E-state index contributed by atoms with van der Waals surface area (Å²) in [7, 11) is 0. The number of carbonyl (C=O) groups is 2. The molecule has 0 spiro atoms. The van der Waals surface area contributed by atoms with E-state index in [0.29, 0.717) is 0 Å². The molecule has 0 fully saturated rings. The predicted octanol–water partition coefficient (Wildman–Crippen LogP) is 17.8. The van der Waals surface area contributed by atoms with Crippen molar-refractivity contribution >= 4 is 11.9 Å². The average molecular weight is 939 g/mol. The molecule has 0 heterocycles. The fourth-order valence-corrected chi connectivity index (χ4v) is 8.82. The first kappa shape index (κ1) is 65.1. The standard InChI is InChI=1S/2C28H56O2.Zr/c2*1-2-3-4-5-6-7-8-9-10-11-12-13-14-15-16-17-18-19-20-21-22-23-24-25-26-27-28(29)30;/h2*2-27H2,1H3,(H,29,30);/q;;+2/p-2. The van der Waals surface area contributed by atoms with E-state index >= 15 is 0 Å². The SMILES string of the molecule is CCCCCCCCCCCCCCCCCCCCCCCCCCCC(=O)[O-].CCCCCCCCCCCCCCCCCCCCCCCCCCCC(=O)[O-].[Zr+2]. The zero-order valence-electron chi connectivity index (χ0n) is 41.9. The molecule has 362 valence electrons. The van der Waals surface area contributed by atoms with Crippen LogP contribution in [0, 0.1) is 0 Å². The molecule has 0 amide bonds. The van der Waals surface area contributed by atoms with Crippen molar-refractivity contribution in [2.24, 2.45) is 0 Å². The van der Waals surface area contributed by atoms with Gasteiger partial charge in [0.05, 0.1) is 0 Å². The van der Waals surface area contributed by atoms with E-state index in [0.717, 1.165) is 25.7 Å². The molecule has 0 atom stereocenters. The molecule has 0 aromatic carbocycles. The van der Waals surface area contributed by atoms with Gasteiger partial charge >= 0.3 is 26.2 Å². The van der Waals surface area contributed by atoms with Crippen molar-refractivity contribution in [1.29, 1.82) is 0 Å². The van der Waals surface area contributed by atoms with Gasteiger partial charge in [-0.15, -0.1) is 0 Å². The van der Waals surface area contributed by atoms with Gasteiger partial charge in [0, 0.05) is 11.9 Å². The minimum absolute atomic E-state index is 0. The molecule has 0 aromatic heterocycles. The van der Waals surface area contributed by atoms with Crippen LogP contribution >= 0.6 is 0 Å². The molecular weight excluding hydrogens is 828 g/mol. The van der Waals surface area contributed by atoms with E-state index in [1.807, 2.05) is 0 Å². The third kappa shape index (κ3) is 69.0. The molecular formula is C56H110O4Zr. The zero-order chi connectivity index (χ0) is 43.9. The summed E-state index contributed by atoms with van der Waals surface area (Å²) in [6, 6.07) is 0. The summed E-state index contributed by atoms with van der Waals surface area (Å²) in [6.45, 7) is 4.59. The second kappa shape index (κ2) is 61.9. The minimum Gasteiger partial charge on any atom is -0.550 e. The quantitative estimate of drug-likeness (QED) is 0.0569. The summed E-state index contributed by atoms with van der Waals surface area (Å²) in [5.74, 6) is -1.80. The maximum atomic E-state index is 10.3. The van der Waals surface area contributed by atoms with Crippen LogP contribution in [-0.4, -0.2) is 11.9 Å². The monoisotopic (exact) mass is 937 g/mol. The van der Waals surface area contributed by atoms with E-state index in [9.17, 15) is 19.8 Å². The Morgan fingerprint density at radius 2 is 0.311 bits per heavy atom. The molecule has 61 heavy (non-hydrogen) atoms. The van der Waals surface area contributed by atoms with Crippen LogP contribution in [-0.2, 0) is 35.8 Å². The Kier molecular flexibility index (Phi) is 66.1. The number of aliphatic carboxylic acids is 2. The summed E-state index contributed by atoms with van der Waals surface area (Å²) in [5, 5.41) is 20.6. The summed E-state index contributed by atoms with van der Waals surface area (Å²) in [4.78, 5) is 20.6. The van der Waals surface area contributed by atoms with Crippen LogP contribution in [0.4, 0.5) is 0 Å². The van der Waals surface area contributed by atoms with Crippen LogP contribution in [0.2, 0.25) is 0 Å². The van der Waals surface area contributed by atoms with E-state index in [-0.39, 0.29) is 39.0 Å². The zero-order valence-corrected chi connectivity index (χ0v) is 44.4. The third-order valence-corrected chi connectivity index (χ3v) is 13.0. The van der Waals surface area contributed by atoms with Crippen molar-refractivity contribution in [3.05, 3.63) is 0 Å². The second-order valence-corrected chi connectivity index (χ2v) is 19.2. The van der Waals surface area contributed by atoms with Crippen molar-refractivity contribution in [1.82, 2.24) is 0 Å². The van der Waals surface area contributed by atoms with Gasteiger partial charge in [0.15, 0.2) is 0 Å². The van der Waals surface area contributed by atoms with Gasteiger partial charge in [0.25, 0.3) is 0 Å². The van der Waals surface area contributed by atoms with Gasteiger partial charge in [-0.2, -0.15) is 0 Å². The molecule has 0 rings (SSSR count). The van der Waals surface area contributed by atoms with E-state index < -0.39 is 11.9 Å². The topological polar surface area (TPSA) is 80.3 Å². The molecule has 0 aliphatic heterocycles. The molecule has 0 radical (unpaired) electrons. The smallest absolute Gasteiger partial charge is 0.550 e. The van der Waals surface area contributed by atoms with E-state index in [4.69, 9.17) is 0 Å². The van der Waals surface area contributed by atoms with Gasteiger partial charge in [-0.05, 0) is 25.7 Å². The Balaban J connectivity index is -0.00000109. The van der Waals surface area contributed by atoms with E-state index in [1.165, 1.54) is 295 Å². The third-order valence-electron chi connectivity index (χ3n) is 13.0. The molecule has 0 N–H and O–H groups in total. The average Bonchev–Trinajstić information content (AvgIpc) is 3.23. The van der Waals surface area contributed by atoms with Crippen molar-refractivity contribution in [3.8, 4) is 0 Å². The fraction of sp³-hybridized carbons (Fsp3) is 0.964. The summed E-state index contributed by atoms with van der Waals surface area (Å²) in [6.07, 6.45) is 69.3. The van der Waals surface area contributed by atoms with Crippen LogP contribution in [0.1, 0.15) is 348 Å². The number of rotatable bonds is 52. The van der Waals surface area contributed by atoms with Crippen molar-refractivity contribution in [2.45, 2.75) is 348 Å².